The largest absolute Gasteiger partial charge is 0.324 e. The maximum atomic E-state index is 4.14. The van der Waals surface area contributed by atoms with Crippen LogP contribution in [-0.2, 0) is 32.7 Å². The first-order valence-electron chi connectivity index (χ1n) is 10.3. The summed E-state index contributed by atoms with van der Waals surface area (Å²) in [6.45, 7) is 17.8. The van der Waals surface area contributed by atoms with Crippen LogP contribution in [-0.4, -0.2) is 15.0 Å². The second-order valence-corrected chi connectivity index (χ2v) is 4.00. The maximum Gasteiger partial charge on any atom is 0.230 e. The Morgan fingerprint density at radius 3 is 1.34 bits per heavy atom. The molecule has 159 valence electrons. The molecule has 0 aliphatic rings. The van der Waals surface area contributed by atoms with Crippen LogP contribution < -0.4 is 5.32 Å². The average molecular weight is 474 g/mol. The number of aryl methyl sites for hydroxylation is 1. The molecule has 0 aliphatic heterocycles. The molecule has 0 fully saturated rings. The molecule has 2 aromatic carbocycles. The normalized spacial score (nSPS) is 7.21. The molecule has 29 heavy (non-hydrogen) atoms. The van der Waals surface area contributed by atoms with Gasteiger partial charge < -0.3 is 5.32 Å². The van der Waals surface area contributed by atoms with Crippen molar-refractivity contribution in [2.45, 2.75) is 62.3 Å². The van der Waals surface area contributed by atoms with Crippen LogP contribution in [0.5, 0.6) is 0 Å². The zero-order valence-corrected chi connectivity index (χ0v) is 22.7. The number of benzene rings is 2. The zero-order chi connectivity index (χ0) is 22.0. The minimum absolute atomic E-state index is 0. The van der Waals surface area contributed by atoms with E-state index in [4.69, 9.17) is 0 Å². The molecule has 0 atom stereocenters. The van der Waals surface area contributed by atoms with Crippen molar-refractivity contribution < 1.29 is 32.7 Å². The number of hydrogen-bond donors (Lipinski definition) is 1. The molecule has 0 aliphatic carbocycles. The van der Waals surface area contributed by atoms with Crippen LogP contribution in [0.3, 0.4) is 0 Å². The summed E-state index contributed by atoms with van der Waals surface area (Å²) in [7, 11) is 0. The molecule has 1 N–H and O–H groups in total. The van der Waals surface area contributed by atoms with Crippen molar-refractivity contribution in [1.29, 1.82) is 0 Å². The number of nitrogens with zero attached hydrogens (tertiary/aromatic N) is 3. The van der Waals surface area contributed by atoms with Gasteiger partial charge in [-0.15, -0.1) is 0 Å². The summed E-state index contributed by atoms with van der Waals surface area (Å²) in [6, 6.07) is 21.8. The van der Waals surface area contributed by atoms with Gasteiger partial charge in [-0.1, -0.05) is 110 Å². The van der Waals surface area contributed by atoms with E-state index in [-0.39, 0.29) is 32.7 Å². The van der Waals surface area contributed by atoms with Gasteiger partial charge in [0.05, 0.1) is 0 Å². The van der Waals surface area contributed by atoms with Gasteiger partial charge in [0.15, 0.2) is 0 Å². The van der Waals surface area contributed by atoms with E-state index in [9.17, 15) is 0 Å². The van der Waals surface area contributed by atoms with Gasteiger partial charge in [0, 0.05) is 38.4 Å². The quantitative estimate of drug-likeness (QED) is 0.414. The van der Waals surface area contributed by atoms with Gasteiger partial charge in [0.1, 0.15) is 12.2 Å². The fraction of sp³-hybridized carbons (Fsp3) is 0.375. The summed E-state index contributed by atoms with van der Waals surface area (Å²) < 4.78 is 0. The molecule has 0 bridgehead atoms. The molecule has 1 radical (unpaired) electrons. The molecule has 0 saturated heterocycles. The third kappa shape index (κ3) is 22.5. The fourth-order valence-electron chi connectivity index (χ4n) is 1.47. The van der Waals surface area contributed by atoms with Gasteiger partial charge >= 0.3 is 0 Å². The van der Waals surface area contributed by atoms with E-state index in [0.717, 1.165) is 5.69 Å². The molecule has 1 heterocycles. The van der Waals surface area contributed by atoms with Gasteiger partial charge in [-0.2, -0.15) is 4.98 Å². The van der Waals surface area contributed by atoms with Crippen LogP contribution in [0.15, 0.2) is 73.1 Å². The summed E-state index contributed by atoms with van der Waals surface area (Å²) in [4.78, 5) is 12.1. The zero-order valence-electron chi connectivity index (χ0n) is 19.8. The summed E-state index contributed by atoms with van der Waals surface area (Å²) in [5, 5.41) is 3.08. The van der Waals surface area contributed by atoms with E-state index in [1.165, 1.54) is 6.33 Å². The van der Waals surface area contributed by atoms with Crippen molar-refractivity contribution >= 4 is 11.6 Å². The van der Waals surface area contributed by atoms with Crippen molar-refractivity contribution in [1.82, 2.24) is 15.0 Å². The summed E-state index contributed by atoms with van der Waals surface area (Å²) in [6.07, 6.45) is 1.49. The Bertz CT molecular complexity index is 593. The SMILES string of the molecule is CC.CC.CC.CC.Cc1ncnc(Nc2ccccc2)n1.[Y].c1ccccc1. The third-order valence-corrected chi connectivity index (χ3v) is 2.39. The van der Waals surface area contributed by atoms with Gasteiger partial charge in [-0.25, -0.2) is 9.97 Å². The van der Waals surface area contributed by atoms with Crippen LogP contribution in [0, 0.1) is 6.92 Å². The van der Waals surface area contributed by atoms with Crippen LogP contribution in [0.1, 0.15) is 61.2 Å². The van der Waals surface area contributed by atoms with E-state index in [1.807, 2.05) is 129 Å². The number of rotatable bonds is 2. The first kappa shape index (κ1) is 34.8. The number of nitrogens with one attached hydrogen (secondary N) is 1. The Balaban J connectivity index is -0.000000176. The molecule has 5 heteroatoms. The van der Waals surface area contributed by atoms with E-state index in [1.54, 1.807) is 0 Å². The van der Waals surface area contributed by atoms with Gasteiger partial charge in [0.2, 0.25) is 5.95 Å². The molecule has 0 unspecified atom stereocenters. The molecule has 1 aromatic heterocycles. The Labute approximate surface area is 204 Å². The molecule has 0 amide bonds. The van der Waals surface area contributed by atoms with Crippen LogP contribution >= 0.6 is 0 Å². The molecule has 0 saturated carbocycles. The van der Waals surface area contributed by atoms with Crippen LogP contribution in [0.4, 0.5) is 11.6 Å². The summed E-state index contributed by atoms with van der Waals surface area (Å²) in [5.74, 6) is 1.28. The number of aromatic nitrogens is 3. The van der Waals surface area contributed by atoms with Crippen LogP contribution in [0.2, 0.25) is 0 Å². The summed E-state index contributed by atoms with van der Waals surface area (Å²) >= 11 is 0. The van der Waals surface area contributed by atoms with Gasteiger partial charge in [-0.05, 0) is 19.1 Å². The van der Waals surface area contributed by atoms with Crippen molar-refractivity contribution in [2.24, 2.45) is 0 Å². The van der Waals surface area contributed by atoms with Crippen molar-refractivity contribution in [3.8, 4) is 0 Å². The monoisotopic (exact) mass is 473 g/mol. The first-order chi connectivity index (χ1) is 13.8. The minimum atomic E-state index is 0. The predicted molar refractivity (Wildman–Crippen MR) is 126 cm³/mol. The topological polar surface area (TPSA) is 50.7 Å². The smallest absolute Gasteiger partial charge is 0.230 e. The standard InChI is InChI=1S/C10H10N4.C6H6.4C2H6.Y/c1-8-11-7-12-10(13-8)14-9-5-3-2-4-6-9;1-2-4-6-5-3-1;4*1-2;/h2-7H,1H3,(H,11,12,13,14);1-6H;4*1-2H3;. The van der Waals surface area contributed by atoms with Crippen LogP contribution in [0.25, 0.3) is 0 Å². The Hall–Kier alpha value is -1.65. The van der Waals surface area contributed by atoms with E-state index in [2.05, 4.69) is 20.3 Å². The molecular weight excluding hydrogens is 433 g/mol. The summed E-state index contributed by atoms with van der Waals surface area (Å²) in [5.41, 5.74) is 0.970. The maximum absolute atomic E-state index is 4.14. The Morgan fingerprint density at radius 2 is 0.966 bits per heavy atom. The van der Waals surface area contributed by atoms with Crippen molar-refractivity contribution in [3.63, 3.8) is 0 Å². The Kier molecular flexibility index (Phi) is 37.3. The fourth-order valence-corrected chi connectivity index (χ4v) is 1.47. The van der Waals surface area contributed by atoms with E-state index < -0.39 is 0 Å². The Morgan fingerprint density at radius 1 is 0.586 bits per heavy atom. The average Bonchev–Trinajstić information content (AvgIpc) is 2.82. The molecule has 3 rings (SSSR count). The first-order valence-corrected chi connectivity index (χ1v) is 10.3. The number of hydrogen-bond acceptors (Lipinski definition) is 4. The molecule has 0 spiro atoms. The number of anilines is 2. The number of para-hydroxylation sites is 1. The second-order valence-electron chi connectivity index (χ2n) is 4.00. The van der Waals surface area contributed by atoms with Crippen molar-refractivity contribution in [3.05, 3.63) is 78.9 Å². The molecule has 4 nitrogen and oxygen atoms in total. The predicted octanol–water partition coefficient (Wildman–Crippen LogP) is 7.71. The third-order valence-electron chi connectivity index (χ3n) is 2.39. The van der Waals surface area contributed by atoms with Crippen molar-refractivity contribution in [2.75, 3.05) is 5.32 Å². The van der Waals surface area contributed by atoms with E-state index in [0.29, 0.717) is 11.8 Å². The molecule has 3 aromatic rings. The van der Waals surface area contributed by atoms with Gasteiger partial charge in [-0.3, -0.25) is 0 Å². The molecular formula is C24H40N4Y. The second kappa shape index (κ2) is 31.1. The minimum Gasteiger partial charge on any atom is -0.324 e. The van der Waals surface area contributed by atoms with Gasteiger partial charge in [0.25, 0.3) is 0 Å². The van der Waals surface area contributed by atoms with E-state index >= 15 is 0 Å².